The third-order valence-corrected chi connectivity index (χ3v) is 3.72. The monoisotopic (exact) mass is 349 g/mol. The number of amides is 1. The number of aromatic nitrogens is 2. The largest absolute Gasteiger partial charge is 0.471 e. The molecule has 2 N–H and O–H groups in total. The SMILES string of the molecule is O=C(N[C@H](CF)[C@H](O)c1ccc(-c2nncs2)cc1)C(F)(F)F. The maximum absolute atomic E-state index is 12.9. The predicted molar refractivity (Wildman–Crippen MR) is 74.3 cm³/mol. The molecule has 10 heteroatoms. The van der Waals surface area contributed by atoms with Crippen LogP contribution in [0, 0.1) is 0 Å². The van der Waals surface area contributed by atoms with E-state index in [1.807, 2.05) is 0 Å². The van der Waals surface area contributed by atoms with E-state index in [-0.39, 0.29) is 5.56 Å². The molecule has 2 atom stereocenters. The van der Waals surface area contributed by atoms with Crippen LogP contribution in [-0.2, 0) is 4.79 Å². The van der Waals surface area contributed by atoms with E-state index >= 15 is 0 Å². The van der Waals surface area contributed by atoms with Gasteiger partial charge in [-0.1, -0.05) is 35.6 Å². The standard InChI is InChI=1S/C13H11F4N3O2S/c14-5-9(19-12(22)13(15,16)17)10(21)7-1-3-8(4-2-7)11-20-18-6-23-11/h1-4,6,9-10,21H,5H2,(H,19,22)/t9-,10-/m1/s1. The molecule has 0 unspecified atom stereocenters. The molecule has 23 heavy (non-hydrogen) atoms. The van der Waals surface area contributed by atoms with Crippen molar-refractivity contribution in [3.8, 4) is 10.6 Å². The Kier molecular flexibility index (Phi) is 5.26. The van der Waals surface area contributed by atoms with Crippen molar-refractivity contribution in [1.82, 2.24) is 15.5 Å². The van der Waals surface area contributed by atoms with Crippen LogP contribution in [0.4, 0.5) is 17.6 Å². The first kappa shape index (κ1) is 17.3. The van der Waals surface area contributed by atoms with Gasteiger partial charge in [0.15, 0.2) is 0 Å². The number of nitrogens with one attached hydrogen (secondary N) is 1. The summed E-state index contributed by atoms with van der Waals surface area (Å²) in [5.41, 5.74) is 2.40. The Morgan fingerprint density at radius 1 is 1.30 bits per heavy atom. The van der Waals surface area contributed by atoms with Gasteiger partial charge in [-0.3, -0.25) is 4.79 Å². The number of aliphatic hydroxyl groups is 1. The summed E-state index contributed by atoms with van der Waals surface area (Å²) >= 11 is 1.29. The highest BCUT2D eigenvalue weighted by Gasteiger charge is 2.40. The van der Waals surface area contributed by atoms with Gasteiger partial charge in [-0.05, 0) is 5.56 Å². The molecule has 0 fully saturated rings. The van der Waals surface area contributed by atoms with Crippen molar-refractivity contribution in [1.29, 1.82) is 0 Å². The molecule has 0 aliphatic carbocycles. The molecular formula is C13H11F4N3O2S. The van der Waals surface area contributed by atoms with Gasteiger partial charge in [0.05, 0.1) is 6.04 Å². The van der Waals surface area contributed by atoms with Crippen molar-refractivity contribution < 1.29 is 27.5 Å². The predicted octanol–water partition coefficient (Wildman–Crippen LogP) is 2.26. The van der Waals surface area contributed by atoms with E-state index < -0.39 is 30.9 Å². The van der Waals surface area contributed by atoms with Crippen LogP contribution in [0.2, 0.25) is 0 Å². The van der Waals surface area contributed by atoms with Crippen molar-refractivity contribution in [3.05, 3.63) is 35.3 Å². The van der Waals surface area contributed by atoms with Gasteiger partial charge in [-0.2, -0.15) is 13.2 Å². The summed E-state index contributed by atoms with van der Waals surface area (Å²) in [5.74, 6) is -2.30. The van der Waals surface area contributed by atoms with Gasteiger partial charge in [0, 0.05) is 5.56 Å². The fraction of sp³-hybridized carbons (Fsp3) is 0.308. The second kappa shape index (κ2) is 7.01. The molecule has 0 spiro atoms. The minimum absolute atomic E-state index is 0.170. The fourth-order valence-electron chi connectivity index (χ4n) is 1.81. The average Bonchev–Trinajstić information content (AvgIpc) is 3.05. The van der Waals surface area contributed by atoms with Crippen LogP contribution in [0.1, 0.15) is 11.7 Å². The number of carbonyl (C=O) groups is 1. The van der Waals surface area contributed by atoms with Crippen LogP contribution in [0.15, 0.2) is 29.8 Å². The molecular weight excluding hydrogens is 338 g/mol. The summed E-state index contributed by atoms with van der Waals surface area (Å²) < 4.78 is 49.5. The molecule has 1 amide bonds. The molecule has 5 nitrogen and oxygen atoms in total. The zero-order chi connectivity index (χ0) is 17.0. The van der Waals surface area contributed by atoms with E-state index in [2.05, 4.69) is 10.2 Å². The lowest BCUT2D eigenvalue weighted by molar-refractivity contribution is -0.175. The molecule has 2 aromatic rings. The topological polar surface area (TPSA) is 75.1 Å². The molecule has 1 heterocycles. The van der Waals surface area contributed by atoms with Crippen LogP contribution in [0.25, 0.3) is 10.6 Å². The maximum Gasteiger partial charge on any atom is 0.471 e. The quantitative estimate of drug-likeness (QED) is 0.812. The first-order valence-electron chi connectivity index (χ1n) is 6.31. The Balaban J connectivity index is 2.11. The molecule has 2 rings (SSSR count). The Morgan fingerprint density at radius 3 is 2.43 bits per heavy atom. The summed E-state index contributed by atoms with van der Waals surface area (Å²) in [6, 6.07) is 4.28. The van der Waals surface area contributed by atoms with E-state index in [9.17, 15) is 27.5 Å². The normalized spacial score (nSPS) is 14.3. The molecule has 0 saturated carbocycles. The number of hydrogen-bond donors (Lipinski definition) is 2. The molecule has 1 aromatic carbocycles. The highest BCUT2D eigenvalue weighted by molar-refractivity contribution is 7.12. The highest BCUT2D eigenvalue weighted by atomic mass is 32.1. The fourth-order valence-corrected chi connectivity index (χ4v) is 2.37. The third kappa shape index (κ3) is 4.23. The minimum atomic E-state index is -5.14. The number of carbonyl (C=O) groups excluding carboxylic acids is 1. The van der Waals surface area contributed by atoms with Gasteiger partial charge in [0.2, 0.25) is 0 Å². The molecule has 0 aliphatic heterocycles. The van der Waals surface area contributed by atoms with Gasteiger partial charge < -0.3 is 10.4 Å². The van der Waals surface area contributed by atoms with Crippen molar-refractivity contribution in [2.75, 3.05) is 6.67 Å². The van der Waals surface area contributed by atoms with Crippen LogP contribution < -0.4 is 5.32 Å². The Bertz CT molecular complexity index is 646. The van der Waals surface area contributed by atoms with Crippen LogP contribution >= 0.6 is 11.3 Å². The molecule has 0 radical (unpaired) electrons. The first-order chi connectivity index (χ1) is 10.8. The maximum atomic E-state index is 12.9. The number of aliphatic hydroxyl groups excluding tert-OH is 1. The Hall–Kier alpha value is -2.07. The van der Waals surface area contributed by atoms with Crippen LogP contribution in [0.3, 0.4) is 0 Å². The number of hydrogen-bond acceptors (Lipinski definition) is 5. The summed E-state index contributed by atoms with van der Waals surface area (Å²) in [5, 5.41) is 19.5. The van der Waals surface area contributed by atoms with Gasteiger partial charge in [0.1, 0.15) is 23.3 Å². The van der Waals surface area contributed by atoms with Crippen molar-refractivity contribution in [2.24, 2.45) is 0 Å². The number of benzene rings is 1. The molecule has 1 aromatic heterocycles. The van der Waals surface area contributed by atoms with E-state index in [4.69, 9.17) is 0 Å². The average molecular weight is 349 g/mol. The third-order valence-electron chi connectivity index (χ3n) is 2.98. The van der Waals surface area contributed by atoms with Crippen LogP contribution in [-0.4, -0.2) is 40.1 Å². The van der Waals surface area contributed by atoms with Crippen molar-refractivity contribution >= 4 is 17.2 Å². The summed E-state index contributed by atoms with van der Waals surface area (Å²) in [4.78, 5) is 10.9. The lowest BCUT2D eigenvalue weighted by Crippen LogP contribution is -2.46. The number of nitrogens with zero attached hydrogens (tertiary/aromatic N) is 2. The lowest BCUT2D eigenvalue weighted by Gasteiger charge is -2.22. The molecule has 0 bridgehead atoms. The van der Waals surface area contributed by atoms with Gasteiger partial charge in [0.25, 0.3) is 0 Å². The van der Waals surface area contributed by atoms with E-state index in [0.717, 1.165) is 0 Å². The molecule has 0 aliphatic rings. The number of alkyl halides is 4. The summed E-state index contributed by atoms with van der Waals surface area (Å²) in [6.07, 6.45) is -6.76. The van der Waals surface area contributed by atoms with Crippen molar-refractivity contribution in [2.45, 2.75) is 18.3 Å². The van der Waals surface area contributed by atoms with Gasteiger partial charge in [-0.25, -0.2) is 4.39 Å². The highest BCUT2D eigenvalue weighted by Crippen LogP contribution is 2.25. The molecule has 0 saturated heterocycles. The van der Waals surface area contributed by atoms with E-state index in [1.54, 1.807) is 12.1 Å². The minimum Gasteiger partial charge on any atom is -0.386 e. The Morgan fingerprint density at radius 2 is 1.96 bits per heavy atom. The first-order valence-corrected chi connectivity index (χ1v) is 7.19. The second-order valence-corrected chi connectivity index (χ2v) is 5.38. The zero-order valence-electron chi connectivity index (χ0n) is 11.4. The zero-order valence-corrected chi connectivity index (χ0v) is 12.2. The summed E-state index contributed by atoms with van der Waals surface area (Å²) in [6.45, 7) is -1.35. The second-order valence-electron chi connectivity index (χ2n) is 4.54. The van der Waals surface area contributed by atoms with Gasteiger partial charge >= 0.3 is 12.1 Å². The van der Waals surface area contributed by atoms with E-state index in [0.29, 0.717) is 10.6 Å². The smallest absolute Gasteiger partial charge is 0.386 e. The van der Waals surface area contributed by atoms with Gasteiger partial charge in [-0.15, -0.1) is 10.2 Å². The number of halogens is 4. The number of rotatable bonds is 5. The van der Waals surface area contributed by atoms with Crippen molar-refractivity contribution in [3.63, 3.8) is 0 Å². The van der Waals surface area contributed by atoms with Crippen LogP contribution in [0.5, 0.6) is 0 Å². The van der Waals surface area contributed by atoms with E-state index in [1.165, 1.54) is 34.3 Å². The summed E-state index contributed by atoms with van der Waals surface area (Å²) in [7, 11) is 0. The Labute approximate surface area is 132 Å². The molecule has 124 valence electrons. The lowest BCUT2D eigenvalue weighted by atomic mass is 10.0.